The summed E-state index contributed by atoms with van der Waals surface area (Å²) in [6.45, 7) is 2.10. The van der Waals surface area contributed by atoms with Gasteiger partial charge in [0.1, 0.15) is 5.82 Å². The summed E-state index contributed by atoms with van der Waals surface area (Å²) in [5, 5.41) is 0. The van der Waals surface area contributed by atoms with E-state index in [0.717, 1.165) is 37.1 Å². The van der Waals surface area contributed by atoms with E-state index < -0.39 is 0 Å². The molecule has 26 heavy (non-hydrogen) atoms. The second-order valence-electron chi connectivity index (χ2n) is 7.42. The summed E-state index contributed by atoms with van der Waals surface area (Å²) in [6, 6.07) is 24.7. The largest absolute Gasteiger partial charge is 0.371 e. The van der Waals surface area contributed by atoms with Crippen molar-refractivity contribution in [2.75, 3.05) is 18.0 Å². The van der Waals surface area contributed by atoms with Crippen LogP contribution in [0.2, 0.25) is 0 Å². The van der Waals surface area contributed by atoms with Gasteiger partial charge in [0.25, 0.3) is 0 Å². The maximum absolute atomic E-state index is 14.7. The molecule has 3 aromatic carbocycles. The highest BCUT2D eigenvalue weighted by molar-refractivity contribution is 5.68. The molecule has 2 heteroatoms. The van der Waals surface area contributed by atoms with E-state index in [0.29, 0.717) is 0 Å². The van der Waals surface area contributed by atoms with Gasteiger partial charge in [-0.2, -0.15) is 0 Å². The van der Waals surface area contributed by atoms with Gasteiger partial charge in [0, 0.05) is 30.6 Å². The van der Waals surface area contributed by atoms with Gasteiger partial charge in [-0.05, 0) is 47.2 Å². The maximum atomic E-state index is 14.7. The van der Waals surface area contributed by atoms with Crippen LogP contribution in [-0.2, 0) is 0 Å². The van der Waals surface area contributed by atoms with Gasteiger partial charge in [-0.15, -0.1) is 0 Å². The van der Waals surface area contributed by atoms with E-state index in [2.05, 4.69) is 53.4 Å². The van der Waals surface area contributed by atoms with E-state index in [4.69, 9.17) is 0 Å². The van der Waals surface area contributed by atoms with Crippen molar-refractivity contribution in [2.24, 2.45) is 0 Å². The molecule has 2 aliphatic rings. The van der Waals surface area contributed by atoms with Crippen LogP contribution in [0.5, 0.6) is 0 Å². The van der Waals surface area contributed by atoms with Crippen molar-refractivity contribution in [1.29, 1.82) is 0 Å². The molecule has 0 aliphatic carbocycles. The Balaban J connectivity index is 1.68. The first-order chi connectivity index (χ1) is 12.8. The fourth-order valence-corrected chi connectivity index (χ4v) is 4.82. The van der Waals surface area contributed by atoms with Crippen LogP contribution < -0.4 is 4.90 Å². The number of rotatable bonds is 2. The van der Waals surface area contributed by atoms with Gasteiger partial charge >= 0.3 is 0 Å². The Hall–Kier alpha value is -2.61. The minimum absolute atomic E-state index is 0.107. The van der Waals surface area contributed by atoms with E-state index in [9.17, 15) is 4.39 Å². The van der Waals surface area contributed by atoms with Crippen LogP contribution in [0.15, 0.2) is 72.8 Å². The lowest BCUT2D eigenvalue weighted by molar-refractivity contribution is 0.554. The van der Waals surface area contributed by atoms with Gasteiger partial charge < -0.3 is 4.90 Å². The van der Waals surface area contributed by atoms with Crippen LogP contribution in [0.1, 0.15) is 46.9 Å². The van der Waals surface area contributed by atoms with E-state index in [-0.39, 0.29) is 17.7 Å². The van der Waals surface area contributed by atoms with Crippen LogP contribution >= 0.6 is 0 Å². The molecule has 0 saturated carbocycles. The lowest BCUT2D eigenvalue weighted by Gasteiger charge is -2.43. The highest BCUT2D eigenvalue weighted by Gasteiger charge is 2.35. The monoisotopic (exact) mass is 343 g/mol. The predicted octanol–water partition coefficient (Wildman–Crippen LogP) is 5.70. The molecule has 0 aromatic heterocycles. The third-order valence-electron chi connectivity index (χ3n) is 5.98. The fraction of sp³-hybridized carbons (Fsp3) is 0.250. The summed E-state index contributed by atoms with van der Waals surface area (Å²) in [6.07, 6.45) is 2.10. The molecule has 2 heterocycles. The van der Waals surface area contributed by atoms with Gasteiger partial charge in [0.05, 0.1) is 0 Å². The molecule has 0 fully saturated rings. The van der Waals surface area contributed by atoms with Crippen LogP contribution in [0, 0.1) is 5.82 Å². The highest BCUT2D eigenvalue weighted by atomic mass is 19.1. The molecule has 0 saturated heterocycles. The van der Waals surface area contributed by atoms with Crippen molar-refractivity contribution >= 4 is 5.69 Å². The first-order valence-corrected chi connectivity index (χ1v) is 9.49. The molecule has 0 spiro atoms. The minimum atomic E-state index is -0.107. The molecule has 2 atom stereocenters. The van der Waals surface area contributed by atoms with Crippen LogP contribution in [0.25, 0.3) is 0 Å². The summed E-state index contributed by atoms with van der Waals surface area (Å²) in [5.41, 5.74) is 6.20. The van der Waals surface area contributed by atoms with Crippen molar-refractivity contribution in [1.82, 2.24) is 0 Å². The van der Waals surface area contributed by atoms with E-state index >= 15 is 0 Å². The Morgan fingerprint density at radius 2 is 1.15 bits per heavy atom. The highest BCUT2D eigenvalue weighted by Crippen LogP contribution is 2.48. The van der Waals surface area contributed by atoms with Crippen LogP contribution in [-0.4, -0.2) is 13.1 Å². The fourth-order valence-electron chi connectivity index (χ4n) is 4.82. The Labute approximate surface area is 154 Å². The number of halogens is 1. The molecule has 3 aromatic rings. The Morgan fingerprint density at radius 3 is 1.62 bits per heavy atom. The molecular weight excluding hydrogens is 321 g/mol. The smallest absolute Gasteiger partial charge is 0.123 e. The van der Waals surface area contributed by atoms with E-state index in [1.54, 1.807) is 12.1 Å². The second kappa shape index (κ2) is 6.28. The second-order valence-corrected chi connectivity index (χ2v) is 7.42. The molecular formula is C24H22FN. The number of hydrogen-bond acceptors (Lipinski definition) is 1. The summed E-state index contributed by atoms with van der Waals surface area (Å²) < 4.78 is 14.7. The predicted molar refractivity (Wildman–Crippen MR) is 104 cm³/mol. The minimum Gasteiger partial charge on any atom is -0.371 e. The quantitative estimate of drug-likeness (QED) is 0.576. The number of anilines is 1. The average molecular weight is 343 g/mol. The molecule has 2 aliphatic heterocycles. The van der Waals surface area contributed by atoms with Gasteiger partial charge in [0.2, 0.25) is 0 Å². The summed E-state index contributed by atoms with van der Waals surface area (Å²) in [7, 11) is 0. The normalized spacial score (nSPS) is 21.3. The van der Waals surface area contributed by atoms with Gasteiger partial charge in [-0.1, -0.05) is 60.7 Å². The van der Waals surface area contributed by atoms with Gasteiger partial charge in [0.15, 0.2) is 0 Å². The molecule has 0 amide bonds. The standard InChI is InChI=1S/C24H22FN/c25-19-15-22-20(17-7-3-1-4-8-17)11-13-26-14-12-21(23(16-19)24(22)26)18-9-5-2-6-10-18/h1-10,15-16,20-21H,11-14H2. The Kier molecular flexibility index (Phi) is 3.77. The van der Waals surface area contributed by atoms with Crippen molar-refractivity contribution in [2.45, 2.75) is 24.7 Å². The zero-order valence-corrected chi connectivity index (χ0v) is 14.7. The van der Waals surface area contributed by atoms with Gasteiger partial charge in [-0.3, -0.25) is 0 Å². The van der Waals surface area contributed by atoms with E-state index in [1.165, 1.54) is 16.8 Å². The maximum Gasteiger partial charge on any atom is 0.123 e. The zero-order chi connectivity index (χ0) is 17.5. The zero-order valence-electron chi connectivity index (χ0n) is 14.7. The Bertz CT molecular complexity index is 847. The molecule has 0 N–H and O–H groups in total. The lowest BCUT2D eigenvalue weighted by Crippen LogP contribution is -2.37. The summed E-state index contributed by atoms with van der Waals surface area (Å²) >= 11 is 0. The van der Waals surface area contributed by atoms with E-state index in [1.807, 2.05) is 12.1 Å². The van der Waals surface area contributed by atoms with Crippen LogP contribution in [0.3, 0.4) is 0 Å². The Morgan fingerprint density at radius 1 is 0.692 bits per heavy atom. The number of nitrogens with zero attached hydrogens (tertiary/aromatic N) is 1. The van der Waals surface area contributed by atoms with Gasteiger partial charge in [-0.25, -0.2) is 4.39 Å². The summed E-state index contributed by atoms with van der Waals surface area (Å²) in [4.78, 5) is 2.48. The average Bonchev–Trinajstić information content (AvgIpc) is 2.69. The van der Waals surface area contributed by atoms with Crippen molar-refractivity contribution in [3.05, 3.63) is 101 Å². The van der Waals surface area contributed by atoms with Crippen molar-refractivity contribution in [3.8, 4) is 0 Å². The molecule has 1 nitrogen and oxygen atoms in total. The lowest BCUT2D eigenvalue weighted by atomic mass is 9.76. The molecule has 5 rings (SSSR count). The number of hydrogen-bond donors (Lipinski definition) is 0. The molecule has 130 valence electrons. The molecule has 2 unspecified atom stereocenters. The van der Waals surface area contributed by atoms with Crippen LogP contribution in [0.4, 0.5) is 10.1 Å². The topological polar surface area (TPSA) is 3.24 Å². The van der Waals surface area contributed by atoms with Crippen molar-refractivity contribution in [3.63, 3.8) is 0 Å². The first kappa shape index (κ1) is 15.6. The van der Waals surface area contributed by atoms with Crippen molar-refractivity contribution < 1.29 is 4.39 Å². The summed E-state index contributed by atoms with van der Waals surface area (Å²) in [5.74, 6) is 0.460. The third-order valence-corrected chi connectivity index (χ3v) is 5.98. The number of benzene rings is 3. The first-order valence-electron chi connectivity index (χ1n) is 9.49. The molecule has 0 bridgehead atoms. The molecule has 0 radical (unpaired) electrons. The third kappa shape index (κ3) is 2.52. The SMILES string of the molecule is Fc1cc2c3c(c1)C(c1ccccc1)CCN3CCC2c1ccccc1.